The van der Waals surface area contributed by atoms with E-state index in [0.29, 0.717) is 22.6 Å². The molecule has 0 aliphatic heterocycles. The van der Waals surface area contributed by atoms with Gasteiger partial charge in [0.2, 0.25) is 5.82 Å². The maximum atomic E-state index is 12.7. The fourth-order valence-corrected chi connectivity index (χ4v) is 2.79. The Morgan fingerprint density at radius 3 is 2.41 bits per heavy atom. The van der Waals surface area contributed by atoms with Gasteiger partial charge >= 0.3 is 0 Å². The number of hydrogen-bond donors (Lipinski definition) is 2. The van der Waals surface area contributed by atoms with Gasteiger partial charge in [-0.15, -0.1) is 10.2 Å². The third kappa shape index (κ3) is 3.51. The van der Waals surface area contributed by atoms with Crippen molar-refractivity contribution in [3.63, 3.8) is 0 Å². The second-order valence-electron chi connectivity index (χ2n) is 7.36. The summed E-state index contributed by atoms with van der Waals surface area (Å²) in [5, 5.41) is 18.2. The molecule has 8 heteroatoms. The normalized spacial score (nSPS) is 12.0. The minimum absolute atomic E-state index is 0.157. The van der Waals surface area contributed by atoms with Crippen molar-refractivity contribution in [2.24, 2.45) is 10.2 Å². The molecule has 140 valence electrons. The van der Waals surface area contributed by atoms with Crippen LogP contribution in [0.3, 0.4) is 0 Å². The van der Waals surface area contributed by atoms with Gasteiger partial charge in [0, 0.05) is 5.41 Å². The van der Waals surface area contributed by atoms with Crippen LogP contribution in [0, 0.1) is 6.92 Å². The zero-order valence-electron chi connectivity index (χ0n) is 16.0. The molecule has 0 amide bonds. The first-order valence-corrected chi connectivity index (χ1v) is 8.58. The van der Waals surface area contributed by atoms with E-state index in [1.54, 1.807) is 6.92 Å². The Morgan fingerprint density at radius 2 is 1.81 bits per heavy atom. The van der Waals surface area contributed by atoms with Crippen LogP contribution < -0.4 is 5.56 Å². The number of ketones is 1. The largest absolute Gasteiger partial charge is 0.299 e. The van der Waals surface area contributed by atoms with E-state index in [1.165, 1.54) is 11.6 Å². The highest BCUT2D eigenvalue weighted by Gasteiger charge is 2.26. The first kappa shape index (κ1) is 18.5. The minimum Gasteiger partial charge on any atom is -0.294 e. The van der Waals surface area contributed by atoms with Crippen LogP contribution in [0.15, 0.2) is 45.4 Å². The van der Waals surface area contributed by atoms with Crippen molar-refractivity contribution in [2.75, 3.05) is 0 Å². The van der Waals surface area contributed by atoms with E-state index in [4.69, 9.17) is 0 Å². The van der Waals surface area contributed by atoms with Gasteiger partial charge in [0.05, 0.1) is 22.6 Å². The van der Waals surface area contributed by atoms with Crippen LogP contribution in [0.25, 0.3) is 5.69 Å². The number of aromatic amines is 2. The zero-order valence-corrected chi connectivity index (χ0v) is 16.0. The monoisotopic (exact) mass is 366 g/mol. The fourth-order valence-electron chi connectivity index (χ4n) is 2.79. The van der Waals surface area contributed by atoms with Crippen molar-refractivity contribution in [3.05, 3.63) is 57.6 Å². The van der Waals surface area contributed by atoms with Crippen molar-refractivity contribution in [2.45, 2.75) is 40.0 Å². The smallest absolute Gasteiger partial charge is 0.294 e. The lowest BCUT2D eigenvalue weighted by Gasteiger charge is -2.17. The number of rotatable bonds is 4. The molecule has 0 spiro atoms. The average molecular weight is 366 g/mol. The number of carbonyl (C=O) groups is 1. The number of carbonyl (C=O) groups excluding carboxylic acids is 1. The molecular formula is C19H22N6O2. The highest BCUT2D eigenvalue weighted by molar-refractivity contribution is 5.99. The number of benzene rings is 1. The summed E-state index contributed by atoms with van der Waals surface area (Å²) in [4.78, 5) is 24.8. The van der Waals surface area contributed by atoms with Gasteiger partial charge in [-0.05, 0) is 26.0 Å². The topological polar surface area (TPSA) is 108 Å². The summed E-state index contributed by atoms with van der Waals surface area (Å²) >= 11 is 0. The molecule has 2 aromatic heterocycles. The second kappa shape index (κ2) is 6.79. The summed E-state index contributed by atoms with van der Waals surface area (Å²) in [5.74, 6) is 0.0220. The lowest BCUT2D eigenvalue weighted by Crippen LogP contribution is -2.15. The molecule has 0 saturated carbocycles. The highest BCUT2D eigenvalue weighted by Crippen LogP contribution is 2.31. The van der Waals surface area contributed by atoms with Gasteiger partial charge < -0.3 is 0 Å². The Bertz CT molecular complexity index is 1060. The molecule has 2 N–H and O–H groups in total. The van der Waals surface area contributed by atoms with Crippen LogP contribution in [0.4, 0.5) is 11.5 Å². The number of aryl methyl sites for hydroxylation is 1. The highest BCUT2D eigenvalue weighted by atomic mass is 16.1. The van der Waals surface area contributed by atoms with Gasteiger partial charge in [0.25, 0.3) is 5.56 Å². The van der Waals surface area contributed by atoms with E-state index < -0.39 is 0 Å². The maximum absolute atomic E-state index is 12.7. The van der Waals surface area contributed by atoms with Crippen molar-refractivity contribution in [3.8, 4) is 5.69 Å². The summed E-state index contributed by atoms with van der Waals surface area (Å²) in [5.41, 5.74) is 1.91. The van der Waals surface area contributed by atoms with E-state index >= 15 is 0 Å². The molecule has 0 unspecified atom stereocenters. The first-order valence-electron chi connectivity index (χ1n) is 8.58. The summed E-state index contributed by atoms with van der Waals surface area (Å²) in [6.07, 6.45) is 0. The number of nitrogens with one attached hydrogen (secondary N) is 2. The number of H-pyrrole nitrogens is 2. The van der Waals surface area contributed by atoms with Gasteiger partial charge in [0.1, 0.15) is 0 Å². The summed E-state index contributed by atoms with van der Waals surface area (Å²) < 4.78 is 1.40. The standard InChI is InChI=1S/C19H22N6O2/c1-11-15(18(27)25(24-11)13-9-7-6-8-10-13)20-22-17-14(12(2)26)16(21-23-17)19(3,4)5/h6-10,24H,1-5H3,(H,21,23). The third-order valence-electron chi connectivity index (χ3n) is 4.15. The second-order valence-corrected chi connectivity index (χ2v) is 7.36. The fraction of sp³-hybridized carbons (Fsp3) is 0.316. The van der Waals surface area contributed by atoms with Crippen LogP contribution >= 0.6 is 0 Å². The minimum atomic E-state index is -0.321. The van der Waals surface area contributed by atoms with Crippen LogP contribution in [-0.4, -0.2) is 25.8 Å². The van der Waals surface area contributed by atoms with E-state index in [2.05, 4.69) is 25.5 Å². The van der Waals surface area contributed by atoms with Crippen molar-refractivity contribution < 1.29 is 4.79 Å². The van der Waals surface area contributed by atoms with Gasteiger partial charge in [-0.2, -0.15) is 5.10 Å². The molecule has 0 bridgehead atoms. The van der Waals surface area contributed by atoms with Crippen molar-refractivity contribution in [1.29, 1.82) is 0 Å². The van der Waals surface area contributed by atoms with Gasteiger partial charge in [-0.3, -0.25) is 19.8 Å². The third-order valence-corrected chi connectivity index (χ3v) is 4.15. The molecular weight excluding hydrogens is 344 g/mol. The quantitative estimate of drug-likeness (QED) is 0.535. The van der Waals surface area contributed by atoms with E-state index in [0.717, 1.165) is 0 Å². The number of azo groups is 1. The Hall–Kier alpha value is -3.29. The molecule has 0 aliphatic carbocycles. The number of para-hydroxylation sites is 1. The molecule has 3 aromatic rings. The lowest BCUT2D eigenvalue weighted by atomic mass is 9.88. The predicted octanol–water partition coefficient (Wildman–Crippen LogP) is 4.11. The Balaban J connectivity index is 2.04. The Morgan fingerprint density at radius 1 is 1.15 bits per heavy atom. The van der Waals surface area contributed by atoms with E-state index in [-0.39, 0.29) is 28.3 Å². The number of Topliss-reactive ketones (excluding diaryl/α,β-unsaturated/α-hetero) is 1. The Kier molecular flexibility index (Phi) is 4.65. The van der Waals surface area contributed by atoms with Crippen LogP contribution in [0.1, 0.15) is 49.4 Å². The molecule has 0 fully saturated rings. The van der Waals surface area contributed by atoms with Crippen LogP contribution in [0.5, 0.6) is 0 Å². The molecule has 0 saturated heterocycles. The molecule has 3 rings (SSSR count). The molecule has 27 heavy (non-hydrogen) atoms. The van der Waals surface area contributed by atoms with Crippen LogP contribution in [-0.2, 0) is 5.41 Å². The lowest BCUT2D eigenvalue weighted by molar-refractivity contribution is 0.101. The van der Waals surface area contributed by atoms with Crippen LogP contribution in [0.2, 0.25) is 0 Å². The maximum Gasteiger partial charge on any atom is 0.299 e. The molecule has 2 heterocycles. The molecule has 0 atom stereocenters. The van der Waals surface area contributed by atoms with Crippen molar-refractivity contribution >= 4 is 17.3 Å². The zero-order chi connectivity index (χ0) is 19.8. The molecule has 0 radical (unpaired) electrons. The number of nitrogens with zero attached hydrogens (tertiary/aromatic N) is 4. The summed E-state index contributed by atoms with van der Waals surface area (Å²) in [6.45, 7) is 9.13. The van der Waals surface area contributed by atoms with Crippen molar-refractivity contribution in [1.82, 2.24) is 20.0 Å². The molecule has 8 nitrogen and oxygen atoms in total. The number of aromatic nitrogens is 4. The summed E-state index contributed by atoms with van der Waals surface area (Å²) in [6, 6.07) is 9.19. The average Bonchev–Trinajstić information content (AvgIpc) is 3.15. The SMILES string of the molecule is CC(=O)c1c(N=Nc2c(C)[nH]n(-c3ccccc3)c2=O)n[nH]c1C(C)(C)C. The molecule has 0 aliphatic rings. The van der Waals surface area contributed by atoms with E-state index in [9.17, 15) is 9.59 Å². The first-order chi connectivity index (χ1) is 12.7. The summed E-state index contributed by atoms with van der Waals surface area (Å²) in [7, 11) is 0. The number of hydrogen-bond acceptors (Lipinski definition) is 5. The van der Waals surface area contributed by atoms with Gasteiger partial charge in [-0.25, -0.2) is 4.68 Å². The Labute approximate surface area is 156 Å². The predicted molar refractivity (Wildman–Crippen MR) is 103 cm³/mol. The molecule has 1 aromatic carbocycles. The van der Waals surface area contributed by atoms with E-state index in [1.807, 2.05) is 51.1 Å². The van der Waals surface area contributed by atoms with Gasteiger partial charge in [-0.1, -0.05) is 39.0 Å². The van der Waals surface area contributed by atoms with Gasteiger partial charge in [0.15, 0.2) is 11.5 Å².